The topological polar surface area (TPSA) is 42.4 Å². The fourth-order valence-corrected chi connectivity index (χ4v) is 3.56. The highest BCUT2D eigenvalue weighted by Crippen LogP contribution is 2.25. The molecule has 190 valence electrons. The Kier molecular flexibility index (Phi) is 14.2. The molecule has 0 unspecified atom stereocenters. The Hall–Kier alpha value is -3.68. The van der Waals surface area contributed by atoms with Crippen LogP contribution in [0.3, 0.4) is 0 Å². The molecule has 4 heteroatoms. The smallest absolute Gasteiger partial charge is 0.211 e. The molecule has 0 saturated carbocycles. The molecule has 0 spiro atoms. The van der Waals surface area contributed by atoms with Gasteiger partial charge in [0, 0.05) is 30.5 Å². The van der Waals surface area contributed by atoms with Crippen molar-refractivity contribution in [1.82, 2.24) is 9.55 Å². The zero-order valence-electron chi connectivity index (χ0n) is 22.9. The monoisotopic (exact) mass is 483 g/mol. The van der Waals surface area contributed by atoms with E-state index >= 15 is 0 Å². The first kappa shape index (κ1) is 30.4. The van der Waals surface area contributed by atoms with E-state index in [1.807, 2.05) is 40.7 Å². The van der Waals surface area contributed by atoms with Gasteiger partial charge in [-0.2, -0.15) is 0 Å². The number of aryl methyl sites for hydroxylation is 2. The molecular weight excluding hydrogens is 442 g/mol. The van der Waals surface area contributed by atoms with Crippen LogP contribution in [0.1, 0.15) is 51.6 Å². The minimum Gasteiger partial charge on any atom is -0.396 e. The number of nitrogens with zero attached hydrogens (tertiary/aromatic N) is 3. The van der Waals surface area contributed by atoms with E-state index in [-0.39, 0.29) is 6.61 Å². The van der Waals surface area contributed by atoms with Crippen LogP contribution in [0.25, 0.3) is 33.0 Å². The van der Waals surface area contributed by atoms with Gasteiger partial charge in [0.2, 0.25) is 6.54 Å². The van der Waals surface area contributed by atoms with Gasteiger partial charge in [0.25, 0.3) is 0 Å². The molecule has 0 saturated heterocycles. The first-order valence-electron chi connectivity index (χ1n) is 12.8. The van der Waals surface area contributed by atoms with Gasteiger partial charge in [-0.25, -0.2) is 11.6 Å². The van der Waals surface area contributed by atoms with Crippen molar-refractivity contribution in [3.8, 4) is 28.2 Å². The van der Waals surface area contributed by atoms with Gasteiger partial charge in [0.05, 0.1) is 5.69 Å². The Morgan fingerprint density at radius 1 is 0.750 bits per heavy atom. The Bertz CT molecular complexity index is 1160. The van der Waals surface area contributed by atoms with Gasteiger partial charge >= 0.3 is 0 Å². The maximum atomic E-state index is 9.05. The predicted octanol–water partition coefficient (Wildman–Crippen LogP) is 8.34. The third kappa shape index (κ3) is 8.52. The van der Waals surface area contributed by atoms with Crippen LogP contribution in [0.15, 0.2) is 78.9 Å². The predicted molar refractivity (Wildman–Crippen MR) is 155 cm³/mol. The van der Waals surface area contributed by atoms with Crippen LogP contribution in [0.2, 0.25) is 0 Å². The van der Waals surface area contributed by atoms with Gasteiger partial charge in [0.1, 0.15) is 5.82 Å². The van der Waals surface area contributed by atoms with Crippen LogP contribution in [-0.4, -0.2) is 27.8 Å². The number of hydrogen-bond acceptors (Lipinski definition) is 2. The standard InChI is InChI=1S/C25H24N2O.C3H5N.2C2H6/c1-18-6-7-19(2)27(18)25-5-3-4-24(26-25)23-14-12-22(13-15-23)21-10-8-20(9-11-21)16-17-28;1-3-4-2;2*1-2/h3-15,28H,16-17H2,1-2H3;3H2,1H3;2*1-2H3. The number of hydrogen-bond donors (Lipinski definition) is 1. The number of pyridine rings is 1. The normalized spacial score (nSPS) is 9.42. The molecular formula is C32H41N3O. The molecule has 2 heterocycles. The second-order valence-electron chi connectivity index (χ2n) is 7.55. The summed E-state index contributed by atoms with van der Waals surface area (Å²) in [6, 6.07) is 27.3. The summed E-state index contributed by atoms with van der Waals surface area (Å²) in [4.78, 5) is 7.87. The lowest BCUT2D eigenvalue weighted by molar-refractivity contribution is 0.299. The first-order chi connectivity index (χ1) is 17.6. The van der Waals surface area contributed by atoms with E-state index in [9.17, 15) is 0 Å². The number of aliphatic hydroxyl groups is 1. The van der Waals surface area contributed by atoms with Crippen LogP contribution in [0.5, 0.6) is 0 Å². The third-order valence-corrected chi connectivity index (χ3v) is 5.26. The average Bonchev–Trinajstić information content (AvgIpc) is 3.29. The van der Waals surface area contributed by atoms with Crippen molar-refractivity contribution in [3.05, 3.63) is 107 Å². The van der Waals surface area contributed by atoms with Crippen LogP contribution in [0, 0.1) is 20.4 Å². The van der Waals surface area contributed by atoms with E-state index in [1.165, 1.54) is 22.5 Å². The minimum atomic E-state index is 0.183. The highest BCUT2D eigenvalue weighted by atomic mass is 16.2. The van der Waals surface area contributed by atoms with Crippen LogP contribution < -0.4 is 0 Å². The highest BCUT2D eigenvalue weighted by molar-refractivity contribution is 5.69. The molecule has 0 atom stereocenters. The largest absolute Gasteiger partial charge is 0.396 e. The van der Waals surface area contributed by atoms with Crippen molar-refractivity contribution < 1.29 is 5.11 Å². The van der Waals surface area contributed by atoms with Gasteiger partial charge in [-0.1, -0.05) is 82.3 Å². The fourth-order valence-electron chi connectivity index (χ4n) is 3.56. The molecule has 2 aromatic heterocycles. The molecule has 36 heavy (non-hydrogen) atoms. The molecule has 4 rings (SSSR count). The zero-order valence-corrected chi connectivity index (χ0v) is 22.9. The van der Waals surface area contributed by atoms with Crippen molar-refractivity contribution >= 4 is 0 Å². The van der Waals surface area contributed by atoms with Crippen molar-refractivity contribution in [2.45, 2.75) is 54.9 Å². The summed E-state index contributed by atoms with van der Waals surface area (Å²) in [6.07, 6.45) is 0.696. The first-order valence-corrected chi connectivity index (χ1v) is 12.8. The molecule has 2 aromatic carbocycles. The maximum Gasteiger partial charge on any atom is 0.211 e. The summed E-state index contributed by atoms with van der Waals surface area (Å²) in [5.41, 5.74) is 7.93. The Morgan fingerprint density at radius 2 is 1.22 bits per heavy atom. The number of aromatic nitrogens is 2. The van der Waals surface area contributed by atoms with Crippen molar-refractivity contribution in [3.63, 3.8) is 0 Å². The molecule has 0 radical (unpaired) electrons. The SMILES string of the molecule is CC.CC.Cc1ccc(C)n1-c1cccc(-c2ccc(-c3ccc(CCO)cc3)cc2)n1.[C-]#[N+]CC. The lowest BCUT2D eigenvalue weighted by atomic mass is 10.0. The summed E-state index contributed by atoms with van der Waals surface area (Å²) in [5.74, 6) is 0.945. The van der Waals surface area contributed by atoms with E-state index < -0.39 is 0 Å². The van der Waals surface area contributed by atoms with Crippen molar-refractivity contribution in [2.24, 2.45) is 0 Å². The number of rotatable bonds is 5. The molecule has 0 fully saturated rings. The quantitative estimate of drug-likeness (QED) is 0.290. The van der Waals surface area contributed by atoms with E-state index in [0.29, 0.717) is 13.0 Å². The van der Waals surface area contributed by atoms with E-state index in [2.05, 4.69) is 96.1 Å². The summed E-state index contributed by atoms with van der Waals surface area (Å²) in [5, 5.41) is 9.05. The average molecular weight is 484 g/mol. The molecule has 1 N–H and O–H groups in total. The Balaban J connectivity index is 0.000000725. The van der Waals surface area contributed by atoms with Gasteiger partial charge in [0.15, 0.2) is 0 Å². The lowest BCUT2D eigenvalue weighted by Gasteiger charge is -2.11. The number of benzene rings is 2. The van der Waals surface area contributed by atoms with Gasteiger partial charge in [-0.05, 0) is 61.2 Å². The Morgan fingerprint density at radius 3 is 1.69 bits per heavy atom. The fraction of sp³-hybridized carbons (Fsp3) is 0.312. The van der Waals surface area contributed by atoms with Crippen LogP contribution in [-0.2, 0) is 6.42 Å². The van der Waals surface area contributed by atoms with Gasteiger partial charge in [-0.3, -0.25) is 0 Å². The van der Waals surface area contributed by atoms with Crippen LogP contribution in [0.4, 0.5) is 0 Å². The summed E-state index contributed by atoms with van der Waals surface area (Å²) < 4.78 is 2.17. The summed E-state index contributed by atoms with van der Waals surface area (Å²) in [7, 11) is 0. The molecule has 0 aliphatic rings. The highest BCUT2D eigenvalue weighted by Gasteiger charge is 2.07. The minimum absolute atomic E-state index is 0.183. The molecule has 0 amide bonds. The number of aliphatic hydroxyl groups excluding tert-OH is 1. The van der Waals surface area contributed by atoms with E-state index in [0.717, 1.165) is 22.6 Å². The van der Waals surface area contributed by atoms with Crippen molar-refractivity contribution in [2.75, 3.05) is 13.2 Å². The zero-order chi connectivity index (χ0) is 26.9. The molecule has 4 aromatic rings. The third-order valence-electron chi connectivity index (χ3n) is 5.26. The Labute approximate surface area is 218 Å². The van der Waals surface area contributed by atoms with E-state index in [1.54, 1.807) is 0 Å². The molecule has 0 bridgehead atoms. The van der Waals surface area contributed by atoms with Gasteiger partial charge in [-0.15, -0.1) is 0 Å². The van der Waals surface area contributed by atoms with E-state index in [4.69, 9.17) is 16.7 Å². The molecule has 0 aliphatic carbocycles. The maximum absolute atomic E-state index is 9.05. The summed E-state index contributed by atoms with van der Waals surface area (Å²) in [6.45, 7) is 20.9. The van der Waals surface area contributed by atoms with Crippen molar-refractivity contribution in [1.29, 1.82) is 0 Å². The van der Waals surface area contributed by atoms with Gasteiger partial charge < -0.3 is 14.5 Å². The molecule has 4 nitrogen and oxygen atoms in total. The second-order valence-corrected chi connectivity index (χ2v) is 7.55. The lowest BCUT2D eigenvalue weighted by Crippen LogP contribution is -2.02. The second kappa shape index (κ2) is 16.9. The van der Waals surface area contributed by atoms with Crippen LogP contribution >= 0.6 is 0 Å². The summed E-state index contributed by atoms with van der Waals surface area (Å²) >= 11 is 0. The molecule has 0 aliphatic heterocycles.